The highest BCUT2D eigenvalue weighted by molar-refractivity contribution is 7.56. The van der Waals surface area contributed by atoms with Crippen LogP contribution in [0.25, 0.3) is 0 Å². The van der Waals surface area contributed by atoms with Crippen molar-refractivity contribution >= 4 is 31.1 Å². The molecule has 5 nitrogen and oxygen atoms in total. The van der Waals surface area contributed by atoms with E-state index in [-0.39, 0.29) is 0 Å². The summed E-state index contributed by atoms with van der Waals surface area (Å²) in [5.41, 5.74) is -0.445. The predicted molar refractivity (Wildman–Crippen MR) is 82.9 cm³/mol. The molecule has 0 spiro atoms. The molecule has 0 aliphatic carbocycles. The van der Waals surface area contributed by atoms with E-state index in [0.717, 1.165) is 10.5 Å². The van der Waals surface area contributed by atoms with Gasteiger partial charge in [-0.15, -0.1) is 3.94 Å². The van der Waals surface area contributed by atoms with Gasteiger partial charge in [0.05, 0.1) is 0 Å². The Kier molecular flexibility index (Phi) is 8.46. The third-order valence-corrected chi connectivity index (χ3v) is 6.65. The van der Waals surface area contributed by atoms with Crippen LogP contribution in [0.15, 0.2) is 0 Å². The second-order valence-corrected chi connectivity index (χ2v) is 9.14. The highest BCUT2D eigenvalue weighted by atomic mass is 35.5. The van der Waals surface area contributed by atoms with E-state index in [2.05, 4.69) is 0 Å². The van der Waals surface area contributed by atoms with Crippen molar-refractivity contribution in [2.24, 2.45) is 0 Å². The fraction of sp³-hybridized carbons (Fsp3) is 1.00. The molecule has 0 saturated carbocycles. The standard InChI is InChI=1S/C11H26Cl2N3O2P/c1-11(2,16(12)13)7-10-19(17,18-6)15(5)9-8-14(3)4/h7-10H2,1-6H3. The van der Waals surface area contributed by atoms with E-state index in [1.807, 2.05) is 39.9 Å². The van der Waals surface area contributed by atoms with Crippen LogP contribution in [-0.4, -0.2) is 66.6 Å². The smallest absolute Gasteiger partial charge is 0.271 e. The Morgan fingerprint density at radius 1 is 1.16 bits per heavy atom. The number of nitrogens with zero attached hydrogens (tertiary/aromatic N) is 3. The molecule has 0 aliphatic rings. The van der Waals surface area contributed by atoms with Crippen LogP contribution in [0.5, 0.6) is 0 Å². The van der Waals surface area contributed by atoms with E-state index in [4.69, 9.17) is 28.1 Å². The van der Waals surface area contributed by atoms with Gasteiger partial charge in [-0.25, -0.2) is 4.67 Å². The summed E-state index contributed by atoms with van der Waals surface area (Å²) in [6.07, 6.45) is 0.994. The number of rotatable bonds is 9. The number of likely N-dealkylation sites (N-methyl/N-ethyl adjacent to an activating group) is 2. The van der Waals surface area contributed by atoms with Crippen LogP contribution in [0, 0.1) is 0 Å². The van der Waals surface area contributed by atoms with Crippen molar-refractivity contribution in [2.45, 2.75) is 25.8 Å². The minimum Gasteiger partial charge on any atom is -0.321 e. The monoisotopic (exact) mass is 333 g/mol. The molecule has 1 unspecified atom stereocenters. The molecule has 0 aliphatic heterocycles. The first-order chi connectivity index (χ1) is 8.55. The van der Waals surface area contributed by atoms with E-state index in [0.29, 0.717) is 19.1 Å². The van der Waals surface area contributed by atoms with Crippen molar-refractivity contribution < 1.29 is 9.09 Å². The van der Waals surface area contributed by atoms with Gasteiger partial charge in [-0.05, 0) is 65.0 Å². The van der Waals surface area contributed by atoms with E-state index in [1.165, 1.54) is 7.11 Å². The Bertz CT molecular complexity index is 314. The van der Waals surface area contributed by atoms with Crippen molar-refractivity contribution in [3.8, 4) is 0 Å². The number of hydrogen-bond donors (Lipinski definition) is 0. The second kappa shape index (κ2) is 8.18. The van der Waals surface area contributed by atoms with Crippen molar-refractivity contribution in [1.29, 1.82) is 0 Å². The van der Waals surface area contributed by atoms with Crippen molar-refractivity contribution in [1.82, 2.24) is 13.5 Å². The molecule has 0 aromatic heterocycles. The van der Waals surface area contributed by atoms with E-state index in [1.54, 1.807) is 4.67 Å². The first kappa shape index (κ1) is 19.7. The Labute approximate surface area is 127 Å². The zero-order valence-corrected chi connectivity index (χ0v) is 15.1. The molecule has 0 aromatic carbocycles. The maximum absolute atomic E-state index is 12.7. The van der Waals surface area contributed by atoms with Gasteiger partial charge >= 0.3 is 0 Å². The Hall–Kier alpha value is 0.650. The molecule has 116 valence electrons. The number of hydrogen-bond acceptors (Lipinski definition) is 4. The van der Waals surface area contributed by atoms with Crippen LogP contribution < -0.4 is 0 Å². The molecule has 0 N–H and O–H groups in total. The highest BCUT2D eigenvalue weighted by Gasteiger charge is 2.33. The Balaban J connectivity index is 4.57. The van der Waals surface area contributed by atoms with Crippen LogP contribution in [0.3, 0.4) is 0 Å². The average Bonchev–Trinajstić information content (AvgIpc) is 2.32. The highest BCUT2D eigenvalue weighted by Crippen LogP contribution is 2.50. The topological polar surface area (TPSA) is 36.0 Å². The van der Waals surface area contributed by atoms with Gasteiger partial charge in [0.25, 0.3) is 7.52 Å². The van der Waals surface area contributed by atoms with Gasteiger partial charge in [-0.2, -0.15) is 0 Å². The van der Waals surface area contributed by atoms with Crippen molar-refractivity contribution in [3.63, 3.8) is 0 Å². The molecule has 0 amide bonds. The lowest BCUT2D eigenvalue weighted by atomic mass is 10.0. The fourth-order valence-electron chi connectivity index (χ4n) is 1.40. The summed E-state index contributed by atoms with van der Waals surface area (Å²) in [7, 11) is 4.44. The Morgan fingerprint density at radius 3 is 2.05 bits per heavy atom. The molecule has 0 rings (SSSR count). The quantitative estimate of drug-likeness (QED) is 0.478. The lowest BCUT2D eigenvalue weighted by Gasteiger charge is -2.32. The molecule has 0 heterocycles. The van der Waals surface area contributed by atoms with Gasteiger partial charge in [-0.1, -0.05) is 0 Å². The molecule has 0 saturated heterocycles. The summed E-state index contributed by atoms with van der Waals surface area (Å²) >= 11 is 11.5. The molecule has 8 heteroatoms. The zero-order chi connectivity index (χ0) is 15.3. The van der Waals surface area contributed by atoms with Gasteiger partial charge < -0.3 is 9.42 Å². The maximum Gasteiger partial charge on any atom is 0.271 e. The molecular formula is C11H26Cl2N3O2P. The minimum atomic E-state index is -2.82. The molecule has 1 atom stereocenters. The summed E-state index contributed by atoms with van der Waals surface area (Å²) in [6.45, 7) is 5.30. The van der Waals surface area contributed by atoms with Gasteiger partial charge in [0.1, 0.15) is 0 Å². The molecular weight excluding hydrogens is 308 g/mol. The molecule has 0 radical (unpaired) electrons. The van der Waals surface area contributed by atoms with Gasteiger partial charge in [-0.3, -0.25) is 4.57 Å². The molecule has 0 fully saturated rings. The summed E-state index contributed by atoms with van der Waals surface area (Å²) in [6, 6.07) is 0. The normalized spacial score (nSPS) is 16.4. The third kappa shape index (κ3) is 6.76. The average molecular weight is 334 g/mol. The van der Waals surface area contributed by atoms with E-state index in [9.17, 15) is 4.57 Å². The van der Waals surface area contributed by atoms with Gasteiger partial charge in [0.2, 0.25) is 0 Å². The largest absolute Gasteiger partial charge is 0.321 e. The summed E-state index contributed by atoms with van der Waals surface area (Å²) < 4.78 is 20.9. The van der Waals surface area contributed by atoms with Gasteiger partial charge in [0.15, 0.2) is 0 Å². The molecule has 0 bridgehead atoms. The SMILES string of the molecule is COP(=O)(CCC(C)(C)N(Cl)Cl)N(C)CCN(C)C. The van der Waals surface area contributed by atoms with Crippen molar-refractivity contribution in [2.75, 3.05) is 47.5 Å². The Morgan fingerprint density at radius 2 is 1.68 bits per heavy atom. The minimum absolute atomic E-state index is 0.413. The third-order valence-electron chi connectivity index (χ3n) is 3.14. The van der Waals surface area contributed by atoms with Crippen LogP contribution in [0.4, 0.5) is 0 Å². The van der Waals surface area contributed by atoms with Crippen LogP contribution in [0.2, 0.25) is 0 Å². The van der Waals surface area contributed by atoms with E-state index >= 15 is 0 Å². The van der Waals surface area contributed by atoms with Crippen LogP contribution >= 0.6 is 31.1 Å². The van der Waals surface area contributed by atoms with Crippen LogP contribution in [0.1, 0.15) is 20.3 Å². The maximum atomic E-state index is 12.7. The zero-order valence-electron chi connectivity index (χ0n) is 12.7. The van der Waals surface area contributed by atoms with Gasteiger partial charge in [0, 0.05) is 31.9 Å². The molecule has 0 aromatic rings. The number of halogens is 2. The fourth-order valence-corrected chi connectivity index (χ4v) is 3.59. The lowest BCUT2D eigenvalue weighted by Crippen LogP contribution is -2.34. The second-order valence-electron chi connectivity index (χ2n) is 5.52. The summed E-state index contributed by atoms with van der Waals surface area (Å²) in [5.74, 6) is 0. The predicted octanol–water partition coefficient (Wildman–Crippen LogP) is 3.10. The van der Waals surface area contributed by atoms with Crippen molar-refractivity contribution in [3.05, 3.63) is 0 Å². The van der Waals surface area contributed by atoms with E-state index < -0.39 is 13.1 Å². The summed E-state index contributed by atoms with van der Waals surface area (Å²) in [4.78, 5) is 2.04. The first-order valence-electron chi connectivity index (χ1n) is 6.18. The lowest BCUT2D eigenvalue weighted by molar-refractivity contribution is 0.289. The first-order valence-corrected chi connectivity index (χ1v) is 8.62. The molecule has 19 heavy (non-hydrogen) atoms. The van der Waals surface area contributed by atoms with Crippen LogP contribution in [-0.2, 0) is 9.09 Å². The summed E-state index contributed by atoms with van der Waals surface area (Å²) in [5, 5.41) is 0.